The van der Waals surface area contributed by atoms with E-state index in [1.165, 1.54) is 6.20 Å². The van der Waals surface area contributed by atoms with Crippen LogP contribution in [0, 0.1) is 6.92 Å². The number of amides is 1. The second-order valence-corrected chi connectivity index (χ2v) is 6.51. The molecule has 0 spiro atoms. The highest BCUT2D eigenvalue weighted by atomic mass is 35.5. The van der Waals surface area contributed by atoms with Crippen LogP contribution in [0.3, 0.4) is 0 Å². The highest BCUT2D eigenvalue weighted by molar-refractivity contribution is 7.83. The zero-order valence-electron chi connectivity index (χ0n) is 11.7. The van der Waals surface area contributed by atoms with E-state index < -0.39 is 10.8 Å². The third-order valence-corrected chi connectivity index (χ3v) is 3.92. The van der Waals surface area contributed by atoms with Gasteiger partial charge in [-0.15, -0.1) is 0 Å². The summed E-state index contributed by atoms with van der Waals surface area (Å²) in [7, 11) is -0.994. The molecule has 1 heterocycles. The molecule has 1 N–H and O–H groups in total. The molecular weight excluding hydrogens is 308 g/mol. The maximum Gasteiger partial charge on any atom is 0.257 e. The zero-order chi connectivity index (χ0) is 15.4. The van der Waals surface area contributed by atoms with Gasteiger partial charge in [0.1, 0.15) is 0 Å². The normalized spacial score (nSPS) is 12.0. The molecule has 0 bridgehead atoms. The number of pyridine rings is 1. The number of hydrogen-bond donors (Lipinski definition) is 1. The van der Waals surface area contributed by atoms with Crippen LogP contribution in [-0.4, -0.2) is 21.4 Å². The summed E-state index contributed by atoms with van der Waals surface area (Å²) in [4.78, 5) is 16.2. The second kappa shape index (κ2) is 6.83. The predicted octanol–water partition coefficient (Wildman–Crippen LogP) is 3.17. The molecule has 1 amide bonds. The molecule has 0 aliphatic carbocycles. The van der Waals surface area contributed by atoms with Gasteiger partial charge in [0.2, 0.25) is 0 Å². The summed E-state index contributed by atoms with van der Waals surface area (Å²) in [5.74, 6) is 0.114. The quantitative estimate of drug-likeness (QED) is 0.940. The average molecular weight is 323 g/mol. The van der Waals surface area contributed by atoms with Gasteiger partial charge in [0.15, 0.2) is 0 Å². The molecular formula is C15H15ClN2O2S. The lowest BCUT2D eigenvalue weighted by Gasteiger charge is -2.08. The van der Waals surface area contributed by atoms with Crippen molar-refractivity contribution in [1.29, 1.82) is 0 Å². The zero-order valence-corrected chi connectivity index (χ0v) is 13.3. The first kappa shape index (κ1) is 15.7. The molecule has 0 radical (unpaired) electrons. The van der Waals surface area contributed by atoms with Crippen LogP contribution in [0.25, 0.3) is 0 Å². The molecule has 0 aliphatic rings. The van der Waals surface area contributed by atoms with Crippen molar-refractivity contribution in [3.63, 3.8) is 0 Å². The summed E-state index contributed by atoms with van der Waals surface area (Å²) in [6.07, 6.45) is 3.14. The topological polar surface area (TPSA) is 59.1 Å². The fraction of sp³-hybridized carbons (Fsp3) is 0.200. The third kappa shape index (κ3) is 4.37. The van der Waals surface area contributed by atoms with Crippen molar-refractivity contribution in [1.82, 2.24) is 4.98 Å². The fourth-order valence-electron chi connectivity index (χ4n) is 1.79. The van der Waals surface area contributed by atoms with Crippen molar-refractivity contribution in [3.8, 4) is 0 Å². The molecule has 1 aromatic heterocycles. The number of nitrogens with zero attached hydrogens (tertiary/aromatic N) is 1. The Kier molecular flexibility index (Phi) is 5.09. The Morgan fingerprint density at radius 3 is 2.71 bits per heavy atom. The van der Waals surface area contributed by atoms with Gasteiger partial charge < -0.3 is 5.32 Å². The molecule has 0 saturated carbocycles. The van der Waals surface area contributed by atoms with E-state index in [1.54, 1.807) is 36.6 Å². The third-order valence-electron chi connectivity index (χ3n) is 2.84. The van der Waals surface area contributed by atoms with Gasteiger partial charge in [-0.3, -0.25) is 14.0 Å². The summed E-state index contributed by atoms with van der Waals surface area (Å²) in [5.41, 5.74) is 2.70. The summed E-state index contributed by atoms with van der Waals surface area (Å²) >= 11 is 6.05. The number of aromatic nitrogens is 1. The maximum absolute atomic E-state index is 12.1. The molecule has 1 unspecified atom stereocenters. The number of benzene rings is 1. The Bertz CT molecular complexity index is 687. The smallest absolute Gasteiger partial charge is 0.257 e. The van der Waals surface area contributed by atoms with Gasteiger partial charge in [0, 0.05) is 45.4 Å². The minimum Gasteiger partial charge on any atom is -0.322 e. The molecule has 1 aromatic carbocycles. The molecule has 0 fully saturated rings. The van der Waals surface area contributed by atoms with E-state index in [9.17, 15) is 9.00 Å². The standard InChI is InChI=1S/C15H15ClN2O2S/c1-10-3-4-11(8-17-10)15(19)18-13-5-6-14(16)12(7-13)9-21(2)20/h3-8H,9H2,1-2H3,(H,18,19). The minimum absolute atomic E-state index is 0.242. The average Bonchev–Trinajstić information content (AvgIpc) is 2.42. The Balaban J connectivity index is 2.17. The number of halogens is 1. The van der Waals surface area contributed by atoms with Gasteiger partial charge in [-0.05, 0) is 42.8 Å². The van der Waals surface area contributed by atoms with Crippen LogP contribution in [0.4, 0.5) is 5.69 Å². The van der Waals surface area contributed by atoms with Gasteiger partial charge in [0.05, 0.1) is 5.56 Å². The lowest BCUT2D eigenvalue weighted by Crippen LogP contribution is -2.12. The number of carbonyl (C=O) groups excluding carboxylic acids is 1. The van der Waals surface area contributed by atoms with Crippen molar-refractivity contribution < 1.29 is 9.00 Å². The van der Waals surface area contributed by atoms with Crippen molar-refractivity contribution in [3.05, 3.63) is 58.4 Å². The predicted molar refractivity (Wildman–Crippen MR) is 86.1 cm³/mol. The van der Waals surface area contributed by atoms with E-state index in [0.717, 1.165) is 11.3 Å². The van der Waals surface area contributed by atoms with Crippen LogP contribution in [0.15, 0.2) is 36.5 Å². The van der Waals surface area contributed by atoms with E-state index >= 15 is 0 Å². The Morgan fingerprint density at radius 2 is 2.10 bits per heavy atom. The first-order valence-corrected chi connectivity index (χ1v) is 8.38. The van der Waals surface area contributed by atoms with Gasteiger partial charge in [0.25, 0.3) is 5.91 Å². The molecule has 110 valence electrons. The van der Waals surface area contributed by atoms with Crippen molar-refractivity contribution in [2.24, 2.45) is 0 Å². The van der Waals surface area contributed by atoms with Crippen LogP contribution < -0.4 is 5.32 Å². The molecule has 6 heteroatoms. The van der Waals surface area contributed by atoms with E-state index in [1.807, 2.05) is 6.92 Å². The molecule has 2 rings (SSSR count). The Labute approximate surface area is 131 Å². The second-order valence-electron chi connectivity index (χ2n) is 4.67. The highest BCUT2D eigenvalue weighted by Gasteiger charge is 2.09. The molecule has 4 nitrogen and oxygen atoms in total. The van der Waals surface area contributed by atoms with Crippen molar-refractivity contribution >= 4 is 34.0 Å². The van der Waals surface area contributed by atoms with Crippen molar-refractivity contribution in [2.45, 2.75) is 12.7 Å². The summed E-state index contributed by atoms with van der Waals surface area (Å²) in [6, 6.07) is 8.64. The maximum atomic E-state index is 12.1. The van der Waals surface area contributed by atoms with E-state index in [2.05, 4.69) is 10.3 Å². The highest BCUT2D eigenvalue weighted by Crippen LogP contribution is 2.22. The van der Waals surface area contributed by atoms with Crippen LogP contribution in [0.5, 0.6) is 0 Å². The first-order valence-electron chi connectivity index (χ1n) is 6.28. The van der Waals surface area contributed by atoms with Gasteiger partial charge in [-0.25, -0.2) is 0 Å². The number of aryl methyl sites for hydroxylation is 1. The van der Waals surface area contributed by atoms with E-state index in [4.69, 9.17) is 11.6 Å². The Hall–Kier alpha value is -1.72. The van der Waals surface area contributed by atoms with Crippen LogP contribution in [0.2, 0.25) is 5.02 Å². The SMILES string of the molecule is Cc1ccc(C(=O)Nc2ccc(Cl)c(CS(C)=O)c2)cn1. The number of hydrogen-bond acceptors (Lipinski definition) is 3. The van der Waals surface area contributed by atoms with Crippen LogP contribution in [0.1, 0.15) is 21.6 Å². The largest absolute Gasteiger partial charge is 0.322 e. The molecule has 2 aromatic rings. The molecule has 21 heavy (non-hydrogen) atoms. The lowest BCUT2D eigenvalue weighted by atomic mass is 10.2. The number of nitrogens with one attached hydrogen (secondary N) is 1. The minimum atomic E-state index is -0.994. The number of carbonyl (C=O) groups is 1. The van der Waals surface area contributed by atoms with E-state index in [-0.39, 0.29) is 5.91 Å². The molecule has 0 saturated heterocycles. The summed E-state index contributed by atoms with van der Waals surface area (Å²) in [6.45, 7) is 1.86. The van der Waals surface area contributed by atoms with Crippen LogP contribution >= 0.6 is 11.6 Å². The van der Waals surface area contributed by atoms with Crippen molar-refractivity contribution in [2.75, 3.05) is 11.6 Å². The fourth-order valence-corrected chi connectivity index (χ4v) is 2.73. The first-order chi connectivity index (χ1) is 9.95. The monoisotopic (exact) mass is 322 g/mol. The Morgan fingerprint density at radius 1 is 1.33 bits per heavy atom. The summed E-state index contributed by atoms with van der Waals surface area (Å²) < 4.78 is 11.3. The van der Waals surface area contributed by atoms with Crippen LogP contribution in [-0.2, 0) is 16.6 Å². The number of rotatable bonds is 4. The molecule has 1 atom stereocenters. The van der Waals surface area contributed by atoms with E-state index in [0.29, 0.717) is 22.0 Å². The van der Waals surface area contributed by atoms with Gasteiger partial charge in [-0.2, -0.15) is 0 Å². The molecule has 0 aliphatic heterocycles. The summed E-state index contributed by atoms with van der Waals surface area (Å²) in [5, 5.41) is 3.32. The van der Waals surface area contributed by atoms with Gasteiger partial charge >= 0.3 is 0 Å². The van der Waals surface area contributed by atoms with Gasteiger partial charge in [-0.1, -0.05) is 11.6 Å². The number of anilines is 1. The lowest BCUT2D eigenvalue weighted by molar-refractivity contribution is 0.102.